The molecule has 0 aliphatic carbocycles. The maximum atomic E-state index is 7.35. The summed E-state index contributed by atoms with van der Waals surface area (Å²) in [6.45, 7) is 0.303. The first-order chi connectivity index (χ1) is 6.33. The number of fused-ring (bicyclic) bond motifs is 1. The second-order valence-corrected chi connectivity index (χ2v) is 3.34. The lowest BCUT2D eigenvalue weighted by Crippen LogP contribution is -1.87. The van der Waals surface area contributed by atoms with Crippen LogP contribution in [0.2, 0.25) is 5.02 Å². The standard InChI is InChI=1S/C11H9ClN/c12-11-6-5-8(7-13)9-3-1-2-4-10(9)11/h1-6,13H,7H2. The van der Waals surface area contributed by atoms with Crippen LogP contribution in [0.15, 0.2) is 36.4 Å². The van der Waals surface area contributed by atoms with Crippen LogP contribution >= 0.6 is 11.6 Å². The maximum Gasteiger partial charge on any atom is 0.0484 e. The van der Waals surface area contributed by atoms with Gasteiger partial charge in [0.2, 0.25) is 0 Å². The lowest BCUT2D eigenvalue weighted by Gasteiger charge is -2.04. The Labute approximate surface area is 82.1 Å². The molecule has 0 saturated heterocycles. The molecule has 2 aromatic rings. The van der Waals surface area contributed by atoms with Crippen molar-refractivity contribution in [2.45, 2.75) is 6.54 Å². The molecular formula is C11H9ClN. The number of hydrogen-bond acceptors (Lipinski definition) is 0. The maximum absolute atomic E-state index is 7.35. The predicted molar refractivity (Wildman–Crippen MR) is 55.8 cm³/mol. The van der Waals surface area contributed by atoms with Gasteiger partial charge in [0.1, 0.15) is 0 Å². The second-order valence-electron chi connectivity index (χ2n) is 2.93. The highest BCUT2D eigenvalue weighted by molar-refractivity contribution is 6.35. The van der Waals surface area contributed by atoms with Crippen molar-refractivity contribution >= 4 is 22.4 Å². The third-order valence-electron chi connectivity index (χ3n) is 2.15. The van der Waals surface area contributed by atoms with Crippen LogP contribution in [0.25, 0.3) is 10.8 Å². The summed E-state index contributed by atoms with van der Waals surface area (Å²) >= 11 is 6.02. The van der Waals surface area contributed by atoms with Gasteiger partial charge in [0.05, 0.1) is 0 Å². The minimum Gasteiger partial charge on any atom is -0.253 e. The first kappa shape index (κ1) is 8.54. The van der Waals surface area contributed by atoms with Crippen molar-refractivity contribution < 1.29 is 0 Å². The fourth-order valence-corrected chi connectivity index (χ4v) is 1.71. The molecule has 0 bridgehead atoms. The number of rotatable bonds is 1. The molecule has 2 heteroatoms. The molecule has 2 rings (SSSR count). The Kier molecular flexibility index (Phi) is 2.21. The first-order valence-electron chi connectivity index (χ1n) is 4.13. The lowest BCUT2D eigenvalue weighted by atomic mass is 10.0. The van der Waals surface area contributed by atoms with E-state index < -0.39 is 0 Å². The van der Waals surface area contributed by atoms with E-state index in [1.165, 1.54) is 0 Å². The van der Waals surface area contributed by atoms with E-state index in [-0.39, 0.29) is 0 Å². The Balaban J connectivity index is 2.84. The highest BCUT2D eigenvalue weighted by Gasteiger charge is 2.01. The predicted octanol–water partition coefficient (Wildman–Crippen LogP) is 3.28. The molecule has 0 amide bonds. The SMILES string of the molecule is [NH]Cc1ccc(Cl)c2ccccc12. The molecular weight excluding hydrogens is 182 g/mol. The molecule has 0 aromatic heterocycles. The molecule has 0 atom stereocenters. The van der Waals surface area contributed by atoms with Gasteiger partial charge >= 0.3 is 0 Å². The van der Waals surface area contributed by atoms with Gasteiger partial charge in [-0.15, -0.1) is 0 Å². The van der Waals surface area contributed by atoms with E-state index in [0.717, 1.165) is 21.4 Å². The van der Waals surface area contributed by atoms with E-state index in [0.29, 0.717) is 6.54 Å². The molecule has 0 saturated carbocycles. The van der Waals surface area contributed by atoms with Crippen LogP contribution in [0, 0.1) is 0 Å². The van der Waals surface area contributed by atoms with Gasteiger partial charge in [-0.3, -0.25) is 5.73 Å². The number of hydrogen-bond donors (Lipinski definition) is 0. The molecule has 65 valence electrons. The highest BCUT2D eigenvalue weighted by atomic mass is 35.5. The fourth-order valence-electron chi connectivity index (χ4n) is 1.48. The van der Waals surface area contributed by atoms with Crippen molar-refractivity contribution in [2.24, 2.45) is 0 Å². The zero-order chi connectivity index (χ0) is 9.26. The molecule has 1 radical (unpaired) electrons. The molecule has 0 fully saturated rings. The van der Waals surface area contributed by atoms with E-state index in [4.69, 9.17) is 17.3 Å². The fraction of sp³-hybridized carbons (Fsp3) is 0.0909. The van der Waals surface area contributed by atoms with Crippen LogP contribution in [-0.4, -0.2) is 0 Å². The largest absolute Gasteiger partial charge is 0.253 e. The molecule has 13 heavy (non-hydrogen) atoms. The zero-order valence-corrected chi connectivity index (χ0v) is 7.81. The van der Waals surface area contributed by atoms with Crippen molar-refractivity contribution in [1.29, 1.82) is 0 Å². The summed E-state index contributed by atoms with van der Waals surface area (Å²) in [7, 11) is 0. The van der Waals surface area contributed by atoms with Gasteiger partial charge in [-0.2, -0.15) is 0 Å². The van der Waals surface area contributed by atoms with E-state index in [9.17, 15) is 0 Å². The minimum absolute atomic E-state index is 0.303. The summed E-state index contributed by atoms with van der Waals surface area (Å²) in [5, 5.41) is 2.88. The second kappa shape index (κ2) is 3.36. The summed E-state index contributed by atoms with van der Waals surface area (Å²) in [5.41, 5.74) is 8.38. The Bertz CT molecular complexity index is 437. The van der Waals surface area contributed by atoms with Crippen LogP contribution in [0.5, 0.6) is 0 Å². The molecule has 0 aliphatic rings. The summed E-state index contributed by atoms with van der Waals surface area (Å²) in [6, 6.07) is 11.7. The van der Waals surface area contributed by atoms with Crippen LogP contribution < -0.4 is 5.73 Å². The molecule has 0 aliphatic heterocycles. The van der Waals surface area contributed by atoms with Crippen molar-refractivity contribution in [3.63, 3.8) is 0 Å². The Hall–Kier alpha value is -1.05. The van der Waals surface area contributed by atoms with Crippen LogP contribution in [0.3, 0.4) is 0 Å². The quantitative estimate of drug-likeness (QED) is 0.659. The van der Waals surface area contributed by atoms with Gasteiger partial charge in [-0.25, -0.2) is 0 Å². The number of nitrogens with one attached hydrogen (secondary N) is 1. The lowest BCUT2D eigenvalue weighted by molar-refractivity contribution is 1.04. The van der Waals surface area contributed by atoms with E-state index in [2.05, 4.69) is 0 Å². The summed E-state index contributed by atoms with van der Waals surface area (Å²) in [4.78, 5) is 0. The number of benzene rings is 2. The van der Waals surface area contributed by atoms with Crippen LogP contribution in [0.1, 0.15) is 5.56 Å². The summed E-state index contributed by atoms with van der Waals surface area (Å²) < 4.78 is 0. The normalized spacial score (nSPS) is 10.6. The van der Waals surface area contributed by atoms with Crippen LogP contribution in [0.4, 0.5) is 0 Å². The van der Waals surface area contributed by atoms with E-state index >= 15 is 0 Å². The van der Waals surface area contributed by atoms with Gasteiger partial charge in [0, 0.05) is 17.0 Å². The topological polar surface area (TPSA) is 23.8 Å². The number of halogens is 1. The van der Waals surface area contributed by atoms with Gasteiger partial charge < -0.3 is 0 Å². The van der Waals surface area contributed by atoms with E-state index in [1.807, 2.05) is 36.4 Å². The van der Waals surface area contributed by atoms with Gasteiger partial charge in [0.25, 0.3) is 0 Å². The Morgan fingerprint density at radius 1 is 1.00 bits per heavy atom. The van der Waals surface area contributed by atoms with Gasteiger partial charge in [0.15, 0.2) is 0 Å². The smallest absolute Gasteiger partial charge is 0.0484 e. The van der Waals surface area contributed by atoms with Crippen molar-refractivity contribution in [3.05, 3.63) is 47.0 Å². The van der Waals surface area contributed by atoms with E-state index in [1.54, 1.807) is 0 Å². The molecule has 2 aromatic carbocycles. The third kappa shape index (κ3) is 1.41. The Morgan fingerprint density at radius 2 is 1.69 bits per heavy atom. The average molecular weight is 191 g/mol. The zero-order valence-electron chi connectivity index (χ0n) is 7.05. The molecule has 1 nitrogen and oxygen atoms in total. The molecule has 1 N–H and O–H groups in total. The third-order valence-corrected chi connectivity index (χ3v) is 2.48. The Morgan fingerprint density at radius 3 is 2.38 bits per heavy atom. The molecule has 0 unspecified atom stereocenters. The van der Waals surface area contributed by atoms with Crippen LogP contribution in [-0.2, 0) is 6.54 Å². The monoisotopic (exact) mass is 190 g/mol. The van der Waals surface area contributed by atoms with Gasteiger partial charge in [-0.1, -0.05) is 41.9 Å². The minimum atomic E-state index is 0.303. The summed E-state index contributed by atoms with van der Waals surface area (Å²) in [5.74, 6) is 0. The first-order valence-corrected chi connectivity index (χ1v) is 4.51. The highest BCUT2D eigenvalue weighted by Crippen LogP contribution is 2.25. The van der Waals surface area contributed by atoms with Crippen molar-refractivity contribution in [1.82, 2.24) is 5.73 Å². The molecule has 0 heterocycles. The van der Waals surface area contributed by atoms with Crippen molar-refractivity contribution in [3.8, 4) is 0 Å². The average Bonchev–Trinajstić information content (AvgIpc) is 2.19. The summed E-state index contributed by atoms with van der Waals surface area (Å²) in [6.07, 6.45) is 0. The van der Waals surface area contributed by atoms with Gasteiger partial charge in [-0.05, 0) is 17.0 Å². The van der Waals surface area contributed by atoms with Crippen molar-refractivity contribution in [2.75, 3.05) is 0 Å². The molecule has 0 spiro atoms.